The maximum atomic E-state index is 13.0. The molecule has 0 radical (unpaired) electrons. The Hall–Kier alpha value is -3.94. The number of carbonyl (C=O) groups excluding carboxylic acids is 2. The van der Waals surface area contributed by atoms with Crippen LogP contribution in [0.3, 0.4) is 0 Å². The molecule has 2 aromatic carbocycles. The van der Waals surface area contributed by atoms with Crippen molar-refractivity contribution in [3.8, 4) is 11.3 Å². The van der Waals surface area contributed by atoms with Crippen LogP contribution in [-0.4, -0.2) is 24.8 Å². The predicted octanol–water partition coefficient (Wildman–Crippen LogP) is 4.41. The van der Waals surface area contributed by atoms with Crippen molar-refractivity contribution >= 4 is 18.2 Å². The number of hydrogen-bond donors (Lipinski definition) is 2. The molecule has 0 fully saturated rings. The summed E-state index contributed by atoms with van der Waals surface area (Å²) in [4.78, 5) is 24.1. The Kier molecular flexibility index (Phi) is 7.53. The average molecular weight is 423 g/mol. The number of hydrazone groups is 1. The zero-order chi connectivity index (χ0) is 22.1. The second kappa shape index (κ2) is 10.7. The van der Waals surface area contributed by atoms with Gasteiger partial charge in [0.25, 0.3) is 0 Å². The lowest BCUT2D eigenvalue weighted by molar-refractivity contribution is -0.121. The molecule has 0 aliphatic heterocycles. The summed E-state index contributed by atoms with van der Waals surface area (Å²) in [6.07, 6.45) is 0.733. The molecule has 1 heterocycles. The highest BCUT2D eigenvalue weighted by atomic mass is 19.1. The highest BCUT2D eigenvalue weighted by molar-refractivity contribution is 5.81. The van der Waals surface area contributed by atoms with Gasteiger partial charge in [-0.3, -0.25) is 4.79 Å². The first-order valence-corrected chi connectivity index (χ1v) is 9.71. The molecule has 0 unspecified atom stereocenters. The van der Waals surface area contributed by atoms with Gasteiger partial charge in [-0.25, -0.2) is 14.6 Å². The number of halogens is 1. The second-order valence-corrected chi connectivity index (χ2v) is 6.53. The van der Waals surface area contributed by atoms with E-state index in [1.165, 1.54) is 18.3 Å². The first-order valence-electron chi connectivity index (χ1n) is 9.71. The SMILES string of the molecule is CCOC(=O)N[C@@H](CC(=O)N/N=C\c1ccc(-c2ccc(F)cc2)o1)c1ccccc1. The molecular weight excluding hydrogens is 401 g/mol. The molecule has 160 valence electrons. The Morgan fingerprint density at radius 2 is 1.84 bits per heavy atom. The molecule has 0 aliphatic rings. The Morgan fingerprint density at radius 3 is 2.55 bits per heavy atom. The molecule has 0 bridgehead atoms. The van der Waals surface area contributed by atoms with E-state index in [1.54, 1.807) is 31.2 Å². The number of nitrogens with zero attached hydrogens (tertiary/aromatic N) is 1. The summed E-state index contributed by atoms with van der Waals surface area (Å²) in [5.74, 6) is 0.248. The maximum absolute atomic E-state index is 13.0. The molecule has 0 aliphatic carbocycles. The fourth-order valence-corrected chi connectivity index (χ4v) is 2.84. The Morgan fingerprint density at radius 1 is 1.10 bits per heavy atom. The van der Waals surface area contributed by atoms with Crippen LogP contribution in [0.25, 0.3) is 11.3 Å². The van der Waals surface area contributed by atoms with Crippen LogP contribution < -0.4 is 10.7 Å². The van der Waals surface area contributed by atoms with Crippen molar-refractivity contribution < 1.29 is 23.1 Å². The van der Waals surface area contributed by atoms with Crippen LogP contribution in [0.4, 0.5) is 9.18 Å². The van der Waals surface area contributed by atoms with E-state index in [-0.39, 0.29) is 18.8 Å². The van der Waals surface area contributed by atoms with E-state index in [1.807, 2.05) is 30.3 Å². The summed E-state index contributed by atoms with van der Waals surface area (Å²) in [7, 11) is 0. The van der Waals surface area contributed by atoms with Crippen molar-refractivity contribution in [1.82, 2.24) is 10.7 Å². The number of rotatable bonds is 8. The number of amides is 2. The lowest BCUT2D eigenvalue weighted by Gasteiger charge is -2.17. The third-order valence-electron chi connectivity index (χ3n) is 4.30. The number of furan rings is 1. The number of nitrogens with one attached hydrogen (secondary N) is 2. The normalized spacial score (nSPS) is 11.8. The molecule has 31 heavy (non-hydrogen) atoms. The summed E-state index contributed by atoms with van der Waals surface area (Å²) in [5, 5.41) is 6.58. The third-order valence-corrected chi connectivity index (χ3v) is 4.30. The van der Waals surface area contributed by atoms with E-state index in [9.17, 15) is 14.0 Å². The smallest absolute Gasteiger partial charge is 0.407 e. The molecule has 2 amide bonds. The third kappa shape index (κ3) is 6.53. The van der Waals surface area contributed by atoms with Crippen LogP contribution in [0.2, 0.25) is 0 Å². The molecular formula is C23H22FN3O4. The largest absolute Gasteiger partial charge is 0.455 e. The second-order valence-electron chi connectivity index (χ2n) is 6.53. The van der Waals surface area contributed by atoms with Gasteiger partial charge in [-0.2, -0.15) is 5.10 Å². The van der Waals surface area contributed by atoms with E-state index in [4.69, 9.17) is 9.15 Å². The van der Waals surface area contributed by atoms with Gasteiger partial charge < -0.3 is 14.5 Å². The van der Waals surface area contributed by atoms with Gasteiger partial charge in [-0.05, 0) is 48.9 Å². The van der Waals surface area contributed by atoms with Crippen LogP contribution in [0.15, 0.2) is 76.2 Å². The van der Waals surface area contributed by atoms with Crippen molar-refractivity contribution in [3.63, 3.8) is 0 Å². The number of carbonyl (C=O) groups is 2. The van der Waals surface area contributed by atoms with Crippen molar-refractivity contribution in [2.45, 2.75) is 19.4 Å². The Balaban J connectivity index is 1.59. The van der Waals surface area contributed by atoms with Crippen molar-refractivity contribution in [1.29, 1.82) is 0 Å². The minimum atomic E-state index is -0.600. The number of ether oxygens (including phenoxy) is 1. The van der Waals surface area contributed by atoms with E-state index < -0.39 is 18.0 Å². The summed E-state index contributed by atoms with van der Waals surface area (Å²) < 4.78 is 23.6. The average Bonchev–Trinajstić information content (AvgIpc) is 3.23. The number of benzene rings is 2. The summed E-state index contributed by atoms with van der Waals surface area (Å²) >= 11 is 0. The van der Waals surface area contributed by atoms with Crippen LogP contribution >= 0.6 is 0 Å². The molecule has 8 heteroatoms. The minimum absolute atomic E-state index is 0.0286. The van der Waals surface area contributed by atoms with Gasteiger partial charge in [0, 0.05) is 5.56 Å². The highest BCUT2D eigenvalue weighted by Crippen LogP contribution is 2.21. The van der Waals surface area contributed by atoms with Gasteiger partial charge in [-0.15, -0.1) is 0 Å². The molecule has 0 saturated carbocycles. The van der Waals surface area contributed by atoms with Crippen LogP contribution in [0.5, 0.6) is 0 Å². The van der Waals surface area contributed by atoms with Crippen LogP contribution in [0.1, 0.15) is 30.7 Å². The minimum Gasteiger partial charge on any atom is -0.455 e. The maximum Gasteiger partial charge on any atom is 0.407 e. The monoisotopic (exact) mass is 423 g/mol. The van der Waals surface area contributed by atoms with E-state index in [0.29, 0.717) is 11.5 Å². The zero-order valence-electron chi connectivity index (χ0n) is 16.9. The van der Waals surface area contributed by atoms with Gasteiger partial charge in [0.1, 0.15) is 17.3 Å². The summed E-state index contributed by atoms with van der Waals surface area (Å²) in [6.45, 7) is 1.93. The van der Waals surface area contributed by atoms with Crippen LogP contribution in [0, 0.1) is 5.82 Å². The highest BCUT2D eigenvalue weighted by Gasteiger charge is 2.18. The lowest BCUT2D eigenvalue weighted by Crippen LogP contribution is -2.33. The van der Waals surface area contributed by atoms with Crippen molar-refractivity contribution in [3.05, 3.63) is 83.9 Å². The summed E-state index contributed by atoms with van der Waals surface area (Å²) in [6, 6.07) is 17.9. The first-order chi connectivity index (χ1) is 15.0. The van der Waals surface area contributed by atoms with Gasteiger partial charge in [0.05, 0.1) is 25.3 Å². The zero-order valence-corrected chi connectivity index (χ0v) is 16.9. The fraction of sp³-hybridized carbons (Fsp3) is 0.174. The van der Waals surface area contributed by atoms with Gasteiger partial charge in [-0.1, -0.05) is 30.3 Å². The van der Waals surface area contributed by atoms with Crippen LogP contribution in [-0.2, 0) is 9.53 Å². The topological polar surface area (TPSA) is 92.9 Å². The molecule has 0 spiro atoms. The van der Waals surface area contributed by atoms with E-state index in [2.05, 4.69) is 15.8 Å². The van der Waals surface area contributed by atoms with Gasteiger partial charge in [0.15, 0.2) is 0 Å². The van der Waals surface area contributed by atoms with Crippen molar-refractivity contribution in [2.24, 2.45) is 5.10 Å². The molecule has 7 nitrogen and oxygen atoms in total. The fourth-order valence-electron chi connectivity index (χ4n) is 2.84. The van der Waals surface area contributed by atoms with E-state index >= 15 is 0 Å². The summed E-state index contributed by atoms with van der Waals surface area (Å²) in [5.41, 5.74) is 3.91. The molecule has 3 aromatic rings. The first kappa shape index (κ1) is 21.8. The molecule has 1 aromatic heterocycles. The molecule has 2 N–H and O–H groups in total. The molecule has 3 rings (SSSR count). The Labute approximate surface area is 178 Å². The standard InChI is InChI=1S/C23H22FN3O4/c1-2-30-23(29)26-20(16-6-4-3-5-7-16)14-22(28)27-25-15-19-12-13-21(31-19)17-8-10-18(24)11-9-17/h3-13,15,20H,2,14H2,1H3,(H,26,29)(H,27,28)/b25-15-/t20-/m0/s1. The van der Waals surface area contributed by atoms with Gasteiger partial charge in [0.2, 0.25) is 5.91 Å². The number of hydrogen-bond acceptors (Lipinski definition) is 5. The molecule has 0 saturated heterocycles. The molecule has 1 atom stereocenters. The van der Waals surface area contributed by atoms with Crippen molar-refractivity contribution in [2.75, 3.05) is 6.61 Å². The Bertz CT molecular complexity index is 1030. The predicted molar refractivity (Wildman–Crippen MR) is 114 cm³/mol. The number of alkyl carbamates (subject to hydrolysis) is 1. The van der Waals surface area contributed by atoms with E-state index in [0.717, 1.165) is 11.1 Å². The van der Waals surface area contributed by atoms with Gasteiger partial charge >= 0.3 is 6.09 Å². The lowest BCUT2D eigenvalue weighted by atomic mass is 10.0. The quantitative estimate of drug-likeness (QED) is 0.415.